The number of fused-ring (bicyclic) bond motifs is 1. The first-order chi connectivity index (χ1) is 11.9. The van der Waals surface area contributed by atoms with Gasteiger partial charge in [-0.05, 0) is 37.8 Å². The van der Waals surface area contributed by atoms with Crippen molar-refractivity contribution in [1.82, 2.24) is 19.7 Å². The van der Waals surface area contributed by atoms with Gasteiger partial charge in [0.2, 0.25) is 0 Å². The molecule has 1 saturated heterocycles. The highest BCUT2D eigenvalue weighted by Gasteiger charge is 2.27. The number of rotatable bonds is 2. The number of hydrogen-bond acceptors (Lipinski definition) is 5. The van der Waals surface area contributed by atoms with E-state index in [1.54, 1.807) is 6.20 Å². The van der Waals surface area contributed by atoms with Gasteiger partial charge in [0.25, 0.3) is 0 Å². The second-order valence-electron chi connectivity index (χ2n) is 6.68. The van der Waals surface area contributed by atoms with Crippen LogP contribution in [0.3, 0.4) is 0 Å². The van der Waals surface area contributed by atoms with Gasteiger partial charge in [-0.3, -0.25) is 0 Å². The second kappa shape index (κ2) is 6.60. The predicted molar refractivity (Wildman–Crippen MR) is 90.7 cm³/mol. The molecule has 0 radical (unpaired) electrons. The zero-order valence-corrected chi connectivity index (χ0v) is 13.9. The number of aromatic nitrogens is 4. The maximum Gasteiger partial charge on any atom is 0.146 e. The van der Waals surface area contributed by atoms with Crippen molar-refractivity contribution in [3.05, 3.63) is 35.5 Å². The Morgan fingerprint density at radius 1 is 1.08 bits per heavy atom. The van der Waals surface area contributed by atoms with E-state index in [1.807, 2.05) is 12.1 Å². The van der Waals surface area contributed by atoms with Gasteiger partial charge in [0, 0.05) is 38.2 Å². The first-order valence-corrected chi connectivity index (χ1v) is 8.89. The lowest BCUT2D eigenvalue weighted by molar-refractivity contribution is 0.458. The maximum atomic E-state index is 9.27. The number of piperidine rings is 1. The van der Waals surface area contributed by atoms with Gasteiger partial charge in [0.05, 0.1) is 5.56 Å². The van der Waals surface area contributed by atoms with Crippen LogP contribution in [-0.2, 0) is 13.0 Å². The van der Waals surface area contributed by atoms with Crippen molar-refractivity contribution < 1.29 is 0 Å². The summed E-state index contributed by atoms with van der Waals surface area (Å²) in [5, 5.41) is 18.2. The van der Waals surface area contributed by atoms with Crippen LogP contribution in [0.1, 0.15) is 55.2 Å². The van der Waals surface area contributed by atoms with Crippen molar-refractivity contribution >= 4 is 5.82 Å². The molecule has 0 spiro atoms. The zero-order chi connectivity index (χ0) is 16.4. The van der Waals surface area contributed by atoms with E-state index in [0.29, 0.717) is 11.5 Å². The molecular formula is C18H22N6. The fraction of sp³-hybridized carbons (Fsp3) is 0.556. The molecule has 0 amide bonds. The molecule has 2 aromatic heterocycles. The van der Waals surface area contributed by atoms with Crippen LogP contribution in [0.5, 0.6) is 0 Å². The molecule has 0 bridgehead atoms. The minimum Gasteiger partial charge on any atom is -0.355 e. The highest BCUT2D eigenvalue weighted by Crippen LogP contribution is 2.31. The van der Waals surface area contributed by atoms with E-state index < -0.39 is 0 Å². The van der Waals surface area contributed by atoms with E-state index in [1.165, 1.54) is 30.9 Å². The van der Waals surface area contributed by atoms with E-state index in [2.05, 4.69) is 30.7 Å². The summed E-state index contributed by atoms with van der Waals surface area (Å²) in [6, 6.07) is 5.91. The number of nitriles is 1. The Balaban J connectivity index is 1.49. The van der Waals surface area contributed by atoms with Crippen LogP contribution in [0.4, 0.5) is 5.82 Å². The van der Waals surface area contributed by atoms with Crippen molar-refractivity contribution in [2.24, 2.45) is 0 Å². The Kier molecular flexibility index (Phi) is 4.16. The lowest BCUT2D eigenvalue weighted by Gasteiger charge is -2.32. The molecule has 0 aliphatic carbocycles. The number of anilines is 1. The number of aryl methyl sites for hydroxylation is 1. The standard InChI is InChI=1S/C18H22N6/c19-13-15-5-4-9-20-17(15)23-11-7-14(8-12-23)18-22-21-16-6-2-1-3-10-24(16)18/h4-5,9,14H,1-3,6-8,10-12H2. The molecule has 6 nitrogen and oxygen atoms in total. The summed E-state index contributed by atoms with van der Waals surface area (Å²) in [5.74, 6) is 3.63. The number of hydrogen-bond donors (Lipinski definition) is 0. The SMILES string of the molecule is N#Cc1cccnc1N1CCC(c2nnc3n2CCCCC3)CC1. The summed E-state index contributed by atoms with van der Waals surface area (Å²) in [4.78, 5) is 6.64. The van der Waals surface area contributed by atoms with Gasteiger partial charge in [-0.25, -0.2) is 4.98 Å². The van der Waals surface area contributed by atoms with Gasteiger partial charge in [0.15, 0.2) is 0 Å². The van der Waals surface area contributed by atoms with Gasteiger partial charge >= 0.3 is 0 Å². The van der Waals surface area contributed by atoms with Gasteiger partial charge in [-0.2, -0.15) is 5.26 Å². The summed E-state index contributed by atoms with van der Waals surface area (Å²) >= 11 is 0. The second-order valence-corrected chi connectivity index (χ2v) is 6.68. The van der Waals surface area contributed by atoms with Crippen molar-refractivity contribution in [2.45, 2.75) is 51.0 Å². The van der Waals surface area contributed by atoms with Gasteiger partial charge in [0.1, 0.15) is 23.5 Å². The number of pyridine rings is 1. The van der Waals surface area contributed by atoms with Crippen LogP contribution in [-0.4, -0.2) is 32.8 Å². The molecule has 4 rings (SSSR count). The van der Waals surface area contributed by atoms with Gasteiger partial charge in [-0.1, -0.05) is 6.42 Å². The predicted octanol–water partition coefficient (Wildman–Crippen LogP) is 2.66. The molecule has 0 N–H and O–H groups in total. The molecule has 1 fully saturated rings. The molecule has 2 aromatic rings. The lowest BCUT2D eigenvalue weighted by atomic mass is 9.95. The summed E-state index contributed by atoms with van der Waals surface area (Å²) < 4.78 is 2.37. The highest BCUT2D eigenvalue weighted by molar-refractivity contribution is 5.53. The molecule has 6 heteroatoms. The Morgan fingerprint density at radius 3 is 2.79 bits per heavy atom. The van der Waals surface area contributed by atoms with Crippen LogP contribution >= 0.6 is 0 Å². The first-order valence-electron chi connectivity index (χ1n) is 8.89. The first kappa shape index (κ1) is 15.1. The molecular weight excluding hydrogens is 300 g/mol. The fourth-order valence-electron chi connectivity index (χ4n) is 3.90. The van der Waals surface area contributed by atoms with E-state index in [0.717, 1.165) is 44.7 Å². The average molecular weight is 322 g/mol. The third-order valence-electron chi connectivity index (χ3n) is 5.20. The van der Waals surface area contributed by atoms with Crippen molar-refractivity contribution in [1.29, 1.82) is 5.26 Å². The normalized spacial score (nSPS) is 18.7. The van der Waals surface area contributed by atoms with Crippen molar-refractivity contribution in [2.75, 3.05) is 18.0 Å². The molecule has 4 heterocycles. The van der Waals surface area contributed by atoms with E-state index in [9.17, 15) is 5.26 Å². The van der Waals surface area contributed by atoms with Crippen molar-refractivity contribution in [3.63, 3.8) is 0 Å². The van der Waals surface area contributed by atoms with E-state index >= 15 is 0 Å². The van der Waals surface area contributed by atoms with Crippen LogP contribution in [0, 0.1) is 11.3 Å². The van der Waals surface area contributed by atoms with Crippen LogP contribution in [0.25, 0.3) is 0 Å². The third kappa shape index (κ3) is 2.75. The monoisotopic (exact) mass is 322 g/mol. The number of nitrogens with zero attached hydrogens (tertiary/aromatic N) is 6. The topological polar surface area (TPSA) is 70.6 Å². The van der Waals surface area contributed by atoms with E-state index in [4.69, 9.17) is 0 Å². The fourth-order valence-corrected chi connectivity index (χ4v) is 3.90. The lowest BCUT2D eigenvalue weighted by Crippen LogP contribution is -2.34. The van der Waals surface area contributed by atoms with Crippen molar-refractivity contribution in [3.8, 4) is 6.07 Å². The molecule has 124 valence electrons. The summed E-state index contributed by atoms with van der Waals surface area (Å²) in [6.45, 7) is 2.90. The maximum absolute atomic E-state index is 9.27. The Morgan fingerprint density at radius 2 is 1.96 bits per heavy atom. The van der Waals surface area contributed by atoms with Gasteiger partial charge in [-0.15, -0.1) is 10.2 Å². The van der Waals surface area contributed by atoms with Crippen LogP contribution in [0.2, 0.25) is 0 Å². The Bertz CT molecular complexity index is 751. The van der Waals surface area contributed by atoms with Crippen LogP contribution < -0.4 is 4.90 Å². The minimum atomic E-state index is 0.467. The summed E-state index contributed by atoms with van der Waals surface area (Å²) in [5.41, 5.74) is 0.660. The quantitative estimate of drug-likeness (QED) is 0.850. The minimum absolute atomic E-state index is 0.467. The van der Waals surface area contributed by atoms with E-state index in [-0.39, 0.29) is 0 Å². The third-order valence-corrected chi connectivity index (χ3v) is 5.20. The molecule has 0 atom stereocenters. The Hall–Kier alpha value is -2.42. The smallest absolute Gasteiger partial charge is 0.146 e. The molecule has 0 aromatic carbocycles. The zero-order valence-electron chi connectivity index (χ0n) is 13.9. The summed E-state index contributed by atoms with van der Waals surface area (Å²) in [7, 11) is 0. The van der Waals surface area contributed by atoms with Crippen LogP contribution in [0.15, 0.2) is 18.3 Å². The summed E-state index contributed by atoms with van der Waals surface area (Å²) in [6.07, 6.45) is 8.66. The van der Waals surface area contributed by atoms with Gasteiger partial charge < -0.3 is 9.47 Å². The average Bonchev–Trinajstić information content (AvgIpc) is 2.90. The molecule has 24 heavy (non-hydrogen) atoms. The molecule has 2 aliphatic heterocycles. The largest absolute Gasteiger partial charge is 0.355 e. The highest BCUT2D eigenvalue weighted by atomic mass is 15.3. The molecule has 0 saturated carbocycles. The molecule has 2 aliphatic rings. The Labute approximate surface area is 142 Å². The molecule has 0 unspecified atom stereocenters.